The van der Waals surface area contributed by atoms with Gasteiger partial charge in [-0.05, 0) is 36.5 Å². The maximum absolute atomic E-state index is 13.6. The first-order chi connectivity index (χ1) is 15.7. The second-order valence-electron chi connectivity index (χ2n) is 11.3. The van der Waals surface area contributed by atoms with Gasteiger partial charge in [0.25, 0.3) is 0 Å². The number of ketones is 3. The van der Waals surface area contributed by atoms with Crippen LogP contribution in [0, 0.1) is 23.2 Å². The van der Waals surface area contributed by atoms with E-state index >= 15 is 0 Å². The number of carbonyl (C=O) groups is 4. The smallest absolute Gasteiger partial charge is 0.240 e. The lowest BCUT2D eigenvalue weighted by Gasteiger charge is -2.32. The van der Waals surface area contributed by atoms with E-state index in [1.807, 2.05) is 6.92 Å². The van der Waals surface area contributed by atoms with Crippen molar-refractivity contribution in [3.63, 3.8) is 0 Å². The maximum Gasteiger partial charge on any atom is 0.240 e. The standard InChI is InChI=1S/C27H44N2O4/c1-4-5-15-21(30)25(32)18-13-11-9-7-6-8-10-12-14-20(28)26(33)29-17-19-23(27(19,2)3)24(29)22(31)16-18/h18-20,23-24H,4-17,28H2,1-3H3/t18-,19+,20+,23+,24-/m1/s1. The molecule has 2 N–H and O–H groups in total. The van der Waals surface area contributed by atoms with E-state index in [9.17, 15) is 19.2 Å². The van der Waals surface area contributed by atoms with Crippen LogP contribution < -0.4 is 5.73 Å². The number of carbonyl (C=O) groups excluding carboxylic acids is 4. The summed E-state index contributed by atoms with van der Waals surface area (Å²) in [6, 6.07) is -1.07. The fourth-order valence-corrected chi connectivity index (χ4v) is 6.24. The van der Waals surface area contributed by atoms with E-state index in [0.29, 0.717) is 31.7 Å². The summed E-state index contributed by atoms with van der Waals surface area (Å²) in [5.41, 5.74) is 6.30. The molecular weight excluding hydrogens is 416 g/mol. The summed E-state index contributed by atoms with van der Waals surface area (Å²) in [6.45, 7) is 6.90. The van der Waals surface area contributed by atoms with Crippen LogP contribution in [0.4, 0.5) is 0 Å². The molecule has 1 saturated carbocycles. The van der Waals surface area contributed by atoms with Gasteiger partial charge in [-0.25, -0.2) is 0 Å². The third-order valence-corrected chi connectivity index (χ3v) is 8.56. The monoisotopic (exact) mass is 460 g/mol. The Labute approximate surface area is 199 Å². The zero-order chi connectivity index (χ0) is 24.2. The highest BCUT2D eigenvalue weighted by Crippen LogP contribution is 2.65. The molecule has 2 saturated heterocycles. The molecular formula is C27H44N2O4. The van der Waals surface area contributed by atoms with Crippen molar-refractivity contribution in [2.45, 2.75) is 116 Å². The Hall–Kier alpha value is -1.56. The van der Waals surface area contributed by atoms with Gasteiger partial charge in [-0.2, -0.15) is 0 Å². The van der Waals surface area contributed by atoms with E-state index in [0.717, 1.165) is 51.4 Å². The van der Waals surface area contributed by atoms with E-state index in [2.05, 4.69) is 13.8 Å². The Morgan fingerprint density at radius 2 is 1.61 bits per heavy atom. The predicted octanol–water partition coefficient (Wildman–Crippen LogP) is 4.23. The number of piperidine rings is 1. The molecule has 0 radical (unpaired) electrons. The van der Waals surface area contributed by atoms with Crippen molar-refractivity contribution in [2.24, 2.45) is 28.9 Å². The Balaban J connectivity index is 1.80. The largest absolute Gasteiger partial charge is 0.331 e. The summed E-state index contributed by atoms with van der Waals surface area (Å²) in [4.78, 5) is 54.1. The van der Waals surface area contributed by atoms with Crippen LogP contribution in [-0.2, 0) is 19.2 Å². The van der Waals surface area contributed by atoms with Crippen LogP contribution in [0.1, 0.15) is 104 Å². The first-order valence-electron chi connectivity index (χ1n) is 13.4. The zero-order valence-electron chi connectivity index (χ0n) is 20.9. The molecule has 0 aromatic heterocycles. The zero-order valence-corrected chi connectivity index (χ0v) is 20.9. The molecule has 1 aliphatic carbocycles. The SMILES string of the molecule is CCCCC(=O)C(=O)[C@@H]1CCCCCCCCC[C@H](N)C(=O)N2C[C@H]3[C@@H]([C@H]2C(=O)C1)C3(C)C. The molecule has 2 heterocycles. The molecule has 6 nitrogen and oxygen atoms in total. The van der Waals surface area contributed by atoms with Crippen LogP contribution in [0.3, 0.4) is 0 Å². The van der Waals surface area contributed by atoms with Gasteiger partial charge in [0.1, 0.15) is 0 Å². The average Bonchev–Trinajstić information content (AvgIpc) is 3.12. The fourth-order valence-electron chi connectivity index (χ4n) is 6.24. The molecule has 186 valence electrons. The number of fused-ring (bicyclic) bond motifs is 3. The topological polar surface area (TPSA) is 97.5 Å². The maximum atomic E-state index is 13.6. The molecule has 0 spiro atoms. The Morgan fingerprint density at radius 1 is 1.00 bits per heavy atom. The lowest BCUT2D eigenvalue weighted by Crippen LogP contribution is -2.52. The van der Waals surface area contributed by atoms with E-state index in [1.54, 1.807) is 4.90 Å². The van der Waals surface area contributed by atoms with Gasteiger partial charge in [0.2, 0.25) is 11.7 Å². The Kier molecular flexibility index (Phi) is 8.88. The van der Waals surface area contributed by atoms with Crippen molar-refractivity contribution in [1.29, 1.82) is 0 Å². The van der Waals surface area contributed by atoms with E-state index in [-0.39, 0.29) is 47.4 Å². The van der Waals surface area contributed by atoms with Gasteiger partial charge in [-0.15, -0.1) is 0 Å². The minimum Gasteiger partial charge on any atom is -0.331 e. The molecule has 3 aliphatic rings. The molecule has 1 amide bonds. The van der Waals surface area contributed by atoms with Crippen molar-refractivity contribution in [1.82, 2.24) is 4.90 Å². The van der Waals surface area contributed by atoms with Crippen molar-refractivity contribution in [3.05, 3.63) is 0 Å². The minimum atomic E-state index is -0.568. The number of nitrogens with two attached hydrogens (primary N) is 1. The highest BCUT2D eigenvalue weighted by Gasteiger charge is 2.69. The van der Waals surface area contributed by atoms with Crippen molar-refractivity contribution >= 4 is 23.3 Å². The van der Waals surface area contributed by atoms with Crippen LogP contribution in [0.5, 0.6) is 0 Å². The van der Waals surface area contributed by atoms with Gasteiger partial charge in [-0.3, -0.25) is 19.2 Å². The summed E-state index contributed by atoms with van der Waals surface area (Å²) < 4.78 is 0. The van der Waals surface area contributed by atoms with Crippen LogP contribution in [-0.4, -0.2) is 46.8 Å². The molecule has 0 bridgehead atoms. The van der Waals surface area contributed by atoms with E-state index in [4.69, 9.17) is 5.73 Å². The van der Waals surface area contributed by atoms with Gasteiger partial charge < -0.3 is 10.6 Å². The van der Waals surface area contributed by atoms with Gasteiger partial charge in [0.05, 0.1) is 12.1 Å². The number of Topliss-reactive ketones (excluding diaryl/α,β-unsaturated/α-hetero) is 3. The highest BCUT2D eigenvalue weighted by molar-refractivity contribution is 6.38. The molecule has 3 fully saturated rings. The molecule has 33 heavy (non-hydrogen) atoms. The summed E-state index contributed by atoms with van der Waals surface area (Å²) in [7, 11) is 0. The number of hydrogen-bond acceptors (Lipinski definition) is 5. The summed E-state index contributed by atoms with van der Waals surface area (Å²) >= 11 is 0. The number of hydrogen-bond donors (Lipinski definition) is 1. The fraction of sp³-hybridized carbons (Fsp3) is 0.852. The van der Waals surface area contributed by atoms with Crippen LogP contribution in [0.15, 0.2) is 0 Å². The summed E-state index contributed by atoms with van der Waals surface area (Å²) in [5, 5.41) is 0. The number of rotatable bonds is 5. The Morgan fingerprint density at radius 3 is 2.24 bits per heavy atom. The quantitative estimate of drug-likeness (QED) is 0.619. The predicted molar refractivity (Wildman–Crippen MR) is 128 cm³/mol. The molecule has 0 aromatic rings. The second-order valence-corrected chi connectivity index (χ2v) is 11.3. The first kappa shape index (κ1) is 26.1. The number of amides is 1. The normalized spacial score (nSPS) is 33.3. The van der Waals surface area contributed by atoms with Crippen molar-refractivity contribution in [2.75, 3.05) is 6.54 Å². The third kappa shape index (κ3) is 5.93. The number of unbranched alkanes of at least 4 members (excludes halogenated alkanes) is 1. The lowest BCUT2D eigenvalue weighted by molar-refractivity contribution is -0.143. The molecule has 5 atom stereocenters. The van der Waals surface area contributed by atoms with Gasteiger partial charge in [-0.1, -0.05) is 72.1 Å². The minimum absolute atomic E-state index is 0.0263. The lowest BCUT2D eigenvalue weighted by atomic mass is 9.85. The molecule has 2 aliphatic heterocycles. The molecule has 3 rings (SSSR count). The van der Waals surface area contributed by atoms with Crippen LogP contribution in [0.2, 0.25) is 0 Å². The van der Waals surface area contributed by atoms with Crippen molar-refractivity contribution < 1.29 is 19.2 Å². The Bertz CT molecular complexity index is 746. The first-order valence-corrected chi connectivity index (χ1v) is 13.4. The highest BCUT2D eigenvalue weighted by atomic mass is 16.2. The summed E-state index contributed by atoms with van der Waals surface area (Å²) in [5.74, 6) is -1.00. The second kappa shape index (κ2) is 11.2. The number of nitrogens with zero attached hydrogens (tertiary/aromatic N) is 1. The van der Waals surface area contributed by atoms with Crippen LogP contribution in [0.25, 0.3) is 0 Å². The summed E-state index contributed by atoms with van der Waals surface area (Å²) in [6.07, 6.45) is 10.4. The van der Waals surface area contributed by atoms with E-state index < -0.39 is 18.0 Å². The third-order valence-electron chi connectivity index (χ3n) is 8.56. The van der Waals surface area contributed by atoms with Crippen LogP contribution >= 0.6 is 0 Å². The van der Waals surface area contributed by atoms with Gasteiger partial charge >= 0.3 is 0 Å². The molecule has 6 heteroatoms. The van der Waals surface area contributed by atoms with E-state index in [1.165, 1.54) is 0 Å². The van der Waals surface area contributed by atoms with Crippen molar-refractivity contribution in [3.8, 4) is 0 Å². The average molecular weight is 461 g/mol. The van der Waals surface area contributed by atoms with Gasteiger partial charge in [0.15, 0.2) is 11.6 Å². The van der Waals surface area contributed by atoms with Gasteiger partial charge in [0, 0.05) is 25.3 Å². The molecule has 0 unspecified atom stereocenters. The molecule has 0 aromatic carbocycles.